The fourth-order valence-corrected chi connectivity index (χ4v) is 5.31. The quantitative estimate of drug-likeness (QED) is 0.591. The van der Waals surface area contributed by atoms with Gasteiger partial charge in [-0.2, -0.15) is 0 Å². The SMILES string of the molecule is O=C(CN1C(=O)C2C3C=CC(C3)C2C1=O)Nc1sccc1C(=O)NC1CC1. The maximum absolute atomic E-state index is 12.7. The van der Waals surface area contributed by atoms with Crippen molar-refractivity contribution in [2.45, 2.75) is 25.3 Å². The number of carbonyl (C=O) groups is 4. The number of rotatable bonds is 5. The lowest BCUT2D eigenvalue weighted by Crippen LogP contribution is -2.39. The van der Waals surface area contributed by atoms with Crippen LogP contribution in [0.1, 0.15) is 29.6 Å². The third-order valence-electron chi connectivity index (χ3n) is 5.94. The standard InChI is InChI=1S/C19H19N3O4S/c23-13(21-17-12(5-6-27-17)16(24)20-11-3-4-11)8-22-18(25)14-9-1-2-10(7-9)15(14)19(22)26/h1-2,5-6,9-11,14-15H,3-4,7-8H2,(H,20,24)(H,21,23). The first-order valence-corrected chi connectivity index (χ1v) is 10.1. The van der Waals surface area contributed by atoms with Crippen LogP contribution in [0.3, 0.4) is 0 Å². The van der Waals surface area contributed by atoms with Gasteiger partial charge < -0.3 is 10.6 Å². The number of imide groups is 1. The van der Waals surface area contributed by atoms with Crippen molar-refractivity contribution >= 4 is 40.0 Å². The number of thiophene rings is 1. The molecule has 2 bridgehead atoms. The Kier molecular flexibility index (Phi) is 3.72. The summed E-state index contributed by atoms with van der Waals surface area (Å²) in [6.45, 7) is -0.300. The molecule has 3 aliphatic carbocycles. The van der Waals surface area contributed by atoms with Gasteiger partial charge in [0.15, 0.2) is 0 Å². The maximum atomic E-state index is 12.7. The fraction of sp³-hybridized carbons (Fsp3) is 0.474. The molecule has 2 saturated carbocycles. The van der Waals surface area contributed by atoms with E-state index in [0.29, 0.717) is 10.6 Å². The van der Waals surface area contributed by atoms with Gasteiger partial charge in [0.25, 0.3) is 5.91 Å². The summed E-state index contributed by atoms with van der Waals surface area (Å²) in [6, 6.07) is 1.89. The number of hydrogen-bond acceptors (Lipinski definition) is 5. The van der Waals surface area contributed by atoms with Gasteiger partial charge in [0.05, 0.1) is 17.4 Å². The summed E-state index contributed by atoms with van der Waals surface area (Å²) in [5, 5.41) is 7.76. The number of hydrogen-bond donors (Lipinski definition) is 2. The van der Waals surface area contributed by atoms with Crippen LogP contribution in [-0.2, 0) is 14.4 Å². The van der Waals surface area contributed by atoms with Crippen LogP contribution in [0.25, 0.3) is 0 Å². The Hall–Kier alpha value is -2.48. The molecule has 4 atom stereocenters. The van der Waals surface area contributed by atoms with Gasteiger partial charge in [0.1, 0.15) is 11.5 Å². The molecule has 140 valence electrons. The number of amides is 4. The molecule has 7 nitrogen and oxygen atoms in total. The Morgan fingerprint density at radius 1 is 1.11 bits per heavy atom. The monoisotopic (exact) mass is 385 g/mol. The third kappa shape index (κ3) is 2.70. The molecule has 5 rings (SSSR count). The molecular formula is C19H19N3O4S. The maximum Gasteiger partial charge on any atom is 0.254 e. The Labute approximate surface area is 159 Å². The summed E-state index contributed by atoms with van der Waals surface area (Å²) >= 11 is 1.25. The molecule has 4 aliphatic rings. The second-order valence-corrected chi connectivity index (χ2v) is 8.64. The minimum Gasteiger partial charge on any atom is -0.349 e. The van der Waals surface area contributed by atoms with E-state index in [1.807, 2.05) is 12.2 Å². The van der Waals surface area contributed by atoms with Gasteiger partial charge in [-0.05, 0) is 42.5 Å². The molecule has 27 heavy (non-hydrogen) atoms. The van der Waals surface area contributed by atoms with Crippen LogP contribution < -0.4 is 10.6 Å². The molecule has 1 aliphatic heterocycles. The topological polar surface area (TPSA) is 95.6 Å². The molecule has 2 N–H and O–H groups in total. The average molecular weight is 385 g/mol. The van der Waals surface area contributed by atoms with Gasteiger partial charge in [-0.1, -0.05) is 12.2 Å². The number of nitrogens with zero attached hydrogens (tertiary/aromatic N) is 1. The van der Waals surface area contributed by atoms with E-state index >= 15 is 0 Å². The summed E-state index contributed by atoms with van der Waals surface area (Å²) in [6.07, 6.45) is 6.88. The van der Waals surface area contributed by atoms with Gasteiger partial charge in [-0.25, -0.2) is 0 Å². The number of anilines is 1. The highest BCUT2D eigenvalue weighted by molar-refractivity contribution is 7.14. The van der Waals surface area contributed by atoms with Gasteiger partial charge in [-0.15, -0.1) is 11.3 Å². The number of nitrogens with one attached hydrogen (secondary N) is 2. The number of fused-ring (bicyclic) bond motifs is 5. The highest BCUT2D eigenvalue weighted by Crippen LogP contribution is 2.52. The molecule has 4 amide bonds. The first-order chi connectivity index (χ1) is 13.0. The molecule has 8 heteroatoms. The molecule has 0 radical (unpaired) electrons. The van der Waals surface area contributed by atoms with E-state index in [4.69, 9.17) is 0 Å². The lowest BCUT2D eigenvalue weighted by Gasteiger charge is -2.16. The van der Waals surface area contributed by atoms with E-state index in [0.717, 1.165) is 24.2 Å². The Bertz CT molecular complexity index is 857. The molecule has 1 aromatic rings. The van der Waals surface area contributed by atoms with Crippen molar-refractivity contribution in [3.63, 3.8) is 0 Å². The van der Waals surface area contributed by atoms with E-state index in [1.54, 1.807) is 11.4 Å². The van der Waals surface area contributed by atoms with Crippen LogP contribution in [0.15, 0.2) is 23.6 Å². The fourth-order valence-electron chi connectivity index (χ4n) is 4.51. The number of allylic oxidation sites excluding steroid dienone is 2. The highest BCUT2D eigenvalue weighted by atomic mass is 32.1. The van der Waals surface area contributed by atoms with Crippen molar-refractivity contribution in [2.75, 3.05) is 11.9 Å². The van der Waals surface area contributed by atoms with Crippen molar-refractivity contribution in [2.24, 2.45) is 23.7 Å². The van der Waals surface area contributed by atoms with Crippen molar-refractivity contribution in [3.05, 3.63) is 29.2 Å². The van der Waals surface area contributed by atoms with E-state index in [-0.39, 0.29) is 54.0 Å². The van der Waals surface area contributed by atoms with Crippen molar-refractivity contribution in [1.29, 1.82) is 0 Å². The lowest BCUT2D eigenvalue weighted by atomic mass is 9.85. The van der Waals surface area contributed by atoms with E-state index < -0.39 is 5.91 Å². The second-order valence-electron chi connectivity index (χ2n) is 7.72. The van der Waals surface area contributed by atoms with Crippen molar-refractivity contribution in [3.8, 4) is 0 Å². The predicted octanol–water partition coefficient (Wildman–Crippen LogP) is 1.39. The zero-order valence-electron chi connectivity index (χ0n) is 14.5. The van der Waals surface area contributed by atoms with Crippen LogP contribution in [0.4, 0.5) is 5.00 Å². The van der Waals surface area contributed by atoms with Gasteiger partial charge in [0.2, 0.25) is 17.7 Å². The molecule has 1 aromatic heterocycles. The Balaban J connectivity index is 1.26. The van der Waals surface area contributed by atoms with Gasteiger partial charge >= 0.3 is 0 Å². The van der Waals surface area contributed by atoms with Gasteiger partial charge in [-0.3, -0.25) is 24.1 Å². The van der Waals surface area contributed by atoms with Crippen LogP contribution >= 0.6 is 11.3 Å². The van der Waals surface area contributed by atoms with Crippen LogP contribution in [0.5, 0.6) is 0 Å². The van der Waals surface area contributed by atoms with Gasteiger partial charge in [0, 0.05) is 6.04 Å². The molecule has 2 heterocycles. The molecule has 4 unspecified atom stereocenters. The summed E-state index contributed by atoms with van der Waals surface area (Å²) in [4.78, 5) is 51.1. The zero-order chi connectivity index (χ0) is 18.7. The zero-order valence-corrected chi connectivity index (χ0v) is 15.3. The first kappa shape index (κ1) is 16.7. The van der Waals surface area contributed by atoms with Crippen LogP contribution in [0.2, 0.25) is 0 Å². The third-order valence-corrected chi connectivity index (χ3v) is 6.77. The summed E-state index contributed by atoms with van der Waals surface area (Å²) < 4.78 is 0. The Morgan fingerprint density at radius 3 is 2.41 bits per heavy atom. The van der Waals surface area contributed by atoms with E-state index in [2.05, 4.69) is 10.6 Å². The lowest BCUT2D eigenvalue weighted by molar-refractivity contribution is -0.143. The smallest absolute Gasteiger partial charge is 0.254 e. The Morgan fingerprint density at radius 2 is 1.78 bits per heavy atom. The van der Waals surface area contributed by atoms with E-state index in [1.165, 1.54) is 11.3 Å². The molecular weight excluding hydrogens is 366 g/mol. The van der Waals surface area contributed by atoms with Crippen molar-refractivity contribution in [1.82, 2.24) is 10.2 Å². The largest absolute Gasteiger partial charge is 0.349 e. The van der Waals surface area contributed by atoms with Crippen LogP contribution in [-0.4, -0.2) is 41.1 Å². The second kappa shape index (κ2) is 6.02. The summed E-state index contributed by atoms with van der Waals surface area (Å²) in [5.41, 5.74) is 0.415. The average Bonchev–Trinajstić information content (AvgIpc) is 3.03. The first-order valence-electron chi connectivity index (χ1n) is 9.24. The minimum absolute atomic E-state index is 0.125. The highest BCUT2D eigenvalue weighted by Gasteiger charge is 2.59. The predicted molar refractivity (Wildman–Crippen MR) is 97.9 cm³/mol. The van der Waals surface area contributed by atoms with Crippen molar-refractivity contribution < 1.29 is 19.2 Å². The molecule has 3 fully saturated rings. The molecule has 1 saturated heterocycles. The number of likely N-dealkylation sites (tertiary alicyclic amines) is 1. The van der Waals surface area contributed by atoms with Crippen LogP contribution in [0, 0.1) is 23.7 Å². The molecule has 0 aromatic carbocycles. The normalized spacial score (nSPS) is 30.7. The molecule has 0 spiro atoms. The summed E-state index contributed by atoms with van der Waals surface area (Å²) in [5.74, 6) is -1.51. The minimum atomic E-state index is -0.458. The summed E-state index contributed by atoms with van der Waals surface area (Å²) in [7, 11) is 0. The number of carbonyl (C=O) groups excluding carboxylic acids is 4. The van der Waals surface area contributed by atoms with E-state index in [9.17, 15) is 19.2 Å².